The highest BCUT2D eigenvalue weighted by Gasteiger charge is 2.22. The van der Waals surface area contributed by atoms with Crippen LogP contribution in [0.15, 0.2) is 24.3 Å². The first-order chi connectivity index (χ1) is 15.9. The molecular weight excluding hydrogens is 432 g/mol. The Kier molecular flexibility index (Phi) is 8.85. The largest absolute Gasteiger partial charge is 0.496 e. The SMILES string of the molecule is CCCC(=O)c1c(NCC(=O)Nc2cc(CC(=O)O)ccc2C(C)(C)C)cc(C)c(OC)c1C. The van der Waals surface area contributed by atoms with Crippen LogP contribution in [-0.2, 0) is 21.4 Å². The minimum absolute atomic E-state index is 0.00222. The third kappa shape index (κ3) is 6.59. The number of aryl methyl sites for hydroxylation is 1. The van der Waals surface area contributed by atoms with Gasteiger partial charge in [0.05, 0.1) is 20.1 Å². The molecular formula is C27H36N2O5. The van der Waals surface area contributed by atoms with E-state index in [2.05, 4.69) is 10.6 Å². The fourth-order valence-corrected chi connectivity index (χ4v) is 4.13. The number of rotatable bonds is 10. The van der Waals surface area contributed by atoms with Crippen LogP contribution in [0.1, 0.15) is 73.1 Å². The minimum atomic E-state index is -0.933. The Morgan fingerprint density at radius 3 is 2.29 bits per heavy atom. The van der Waals surface area contributed by atoms with Gasteiger partial charge in [-0.1, -0.05) is 39.8 Å². The number of hydrogen-bond donors (Lipinski definition) is 3. The lowest BCUT2D eigenvalue weighted by atomic mass is 9.85. The lowest BCUT2D eigenvalue weighted by Crippen LogP contribution is -2.25. The van der Waals surface area contributed by atoms with Crippen LogP contribution in [0.2, 0.25) is 0 Å². The normalized spacial score (nSPS) is 11.1. The number of nitrogens with one attached hydrogen (secondary N) is 2. The molecule has 1 amide bonds. The number of aliphatic carboxylic acids is 1. The number of carboxylic acids is 1. The lowest BCUT2D eigenvalue weighted by molar-refractivity contribution is -0.136. The van der Waals surface area contributed by atoms with Crippen LogP contribution >= 0.6 is 0 Å². The predicted molar refractivity (Wildman–Crippen MR) is 135 cm³/mol. The quantitative estimate of drug-likeness (QED) is 0.410. The van der Waals surface area contributed by atoms with Crippen molar-refractivity contribution >= 4 is 29.0 Å². The predicted octanol–water partition coefficient (Wildman–Crippen LogP) is 5.27. The lowest BCUT2D eigenvalue weighted by Gasteiger charge is -2.24. The molecule has 0 aromatic heterocycles. The smallest absolute Gasteiger partial charge is 0.307 e. The summed E-state index contributed by atoms with van der Waals surface area (Å²) in [6, 6.07) is 7.18. The van der Waals surface area contributed by atoms with Gasteiger partial charge in [-0.3, -0.25) is 14.4 Å². The molecule has 0 radical (unpaired) electrons. The van der Waals surface area contributed by atoms with Gasteiger partial charge in [-0.15, -0.1) is 0 Å². The third-order valence-corrected chi connectivity index (χ3v) is 5.62. The van der Waals surface area contributed by atoms with Gasteiger partial charge in [0, 0.05) is 28.9 Å². The number of carbonyl (C=O) groups is 3. The molecule has 184 valence electrons. The molecule has 0 bridgehead atoms. The number of ether oxygens (including phenoxy) is 1. The number of anilines is 2. The molecule has 0 heterocycles. The van der Waals surface area contributed by atoms with Crippen LogP contribution in [0, 0.1) is 13.8 Å². The van der Waals surface area contributed by atoms with Crippen LogP contribution < -0.4 is 15.4 Å². The van der Waals surface area contributed by atoms with Crippen molar-refractivity contribution in [2.45, 2.75) is 66.2 Å². The first-order valence-corrected chi connectivity index (χ1v) is 11.5. The van der Waals surface area contributed by atoms with Crippen molar-refractivity contribution in [2.75, 3.05) is 24.3 Å². The molecule has 34 heavy (non-hydrogen) atoms. The third-order valence-electron chi connectivity index (χ3n) is 5.62. The fraction of sp³-hybridized carbons (Fsp3) is 0.444. The summed E-state index contributed by atoms with van der Waals surface area (Å²) < 4.78 is 5.49. The Bertz CT molecular complexity index is 1080. The topological polar surface area (TPSA) is 105 Å². The molecule has 0 atom stereocenters. The number of carboxylic acid groups (broad SMARTS) is 1. The maximum Gasteiger partial charge on any atom is 0.307 e. The molecule has 0 fully saturated rings. The molecule has 0 aliphatic rings. The second kappa shape index (κ2) is 11.2. The van der Waals surface area contributed by atoms with Crippen molar-refractivity contribution in [2.24, 2.45) is 0 Å². The summed E-state index contributed by atoms with van der Waals surface area (Å²) in [6.07, 6.45) is 0.995. The average Bonchev–Trinajstić information content (AvgIpc) is 2.71. The van der Waals surface area contributed by atoms with Gasteiger partial charge in [0.1, 0.15) is 5.75 Å². The van der Waals surface area contributed by atoms with Crippen molar-refractivity contribution in [1.29, 1.82) is 0 Å². The average molecular weight is 469 g/mol. The highest BCUT2D eigenvalue weighted by Crippen LogP contribution is 2.34. The maximum absolute atomic E-state index is 12.9. The minimum Gasteiger partial charge on any atom is -0.496 e. The van der Waals surface area contributed by atoms with E-state index in [1.165, 1.54) is 0 Å². The standard InChI is InChI=1S/C27H36N2O5/c1-8-9-22(30)25-17(3)26(34-7)16(2)12-21(25)28-15-23(31)29-20-13-18(14-24(32)33)10-11-19(20)27(4,5)6/h10-13,28H,8-9,14-15H2,1-7H3,(H,29,31)(H,32,33). The van der Waals surface area contributed by atoms with E-state index in [1.807, 2.05) is 53.7 Å². The van der Waals surface area contributed by atoms with Crippen molar-refractivity contribution in [3.63, 3.8) is 0 Å². The van der Waals surface area contributed by atoms with Gasteiger partial charge in [0.25, 0.3) is 0 Å². The molecule has 7 nitrogen and oxygen atoms in total. The molecule has 2 aromatic rings. The number of amides is 1. The second-order valence-electron chi connectivity index (χ2n) is 9.55. The van der Waals surface area contributed by atoms with E-state index in [0.717, 1.165) is 23.1 Å². The number of benzene rings is 2. The van der Waals surface area contributed by atoms with E-state index in [4.69, 9.17) is 9.84 Å². The zero-order valence-electron chi connectivity index (χ0n) is 21.2. The summed E-state index contributed by atoms with van der Waals surface area (Å²) in [4.78, 5) is 36.9. The van der Waals surface area contributed by atoms with E-state index in [-0.39, 0.29) is 30.1 Å². The summed E-state index contributed by atoms with van der Waals surface area (Å²) in [7, 11) is 1.58. The summed E-state index contributed by atoms with van der Waals surface area (Å²) >= 11 is 0. The number of ketones is 1. The van der Waals surface area contributed by atoms with E-state index < -0.39 is 5.97 Å². The Hall–Kier alpha value is -3.35. The summed E-state index contributed by atoms with van der Waals surface area (Å²) in [5, 5.41) is 15.2. The number of carbonyl (C=O) groups excluding carboxylic acids is 2. The van der Waals surface area contributed by atoms with Gasteiger partial charge >= 0.3 is 5.97 Å². The van der Waals surface area contributed by atoms with E-state index in [0.29, 0.717) is 34.7 Å². The first-order valence-electron chi connectivity index (χ1n) is 11.5. The summed E-state index contributed by atoms with van der Waals surface area (Å²) in [6.45, 7) is 11.7. The first kappa shape index (κ1) is 26.9. The molecule has 2 aromatic carbocycles. The fourth-order valence-electron chi connectivity index (χ4n) is 4.13. The van der Waals surface area contributed by atoms with E-state index >= 15 is 0 Å². The number of hydrogen-bond acceptors (Lipinski definition) is 5. The molecule has 2 rings (SSSR count). The van der Waals surface area contributed by atoms with Crippen LogP contribution in [-0.4, -0.2) is 36.4 Å². The maximum atomic E-state index is 12.9. The highest BCUT2D eigenvalue weighted by molar-refractivity contribution is 6.04. The molecule has 7 heteroatoms. The van der Waals surface area contributed by atoms with Gasteiger partial charge in [0.15, 0.2) is 5.78 Å². The van der Waals surface area contributed by atoms with Crippen molar-refractivity contribution in [1.82, 2.24) is 0 Å². The Morgan fingerprint density at radius 2 is 1.74 bits per heavy atom. The Balaban J connectivity index is 2.32. The van der Waals surface area contributed by atoms with Gasteiger partial charge in [0.2, 0.25) is 5.91 Å². The monoisotopic (exact) mass is 468 g/mol. The molecule has 0 saturated heterocycles. The Labute approximate surface area is 201 Å². The van der Waals surface area contributed by atoms with Gasteiger partial charge < -0.3 is 20.5 Å². The molecule has 0 aliphatic carbocycles. The van der Waals surface area contributed by atoms with Crippen molar-refractivity contribution in [3.8, 4) is 5.75 Å². The molecule has 0 unspecified atom stereocenters. The molecule has 3 N–H and O–H groups in total. The summed E-state index contributed by atoms with van der Waals surface area (Å²) in [5.74, 6) is -0.563. The van der Waals surface area contributed by atoms with Crippen LogP contribution in [0.4, 0.5) is 11.4 Å². The van der Waals surface area contributed by atoms with E-state index in [1.54, 1.807) is 19.2 Å². The molecule has 0 aliphatic heterocycles. The zero-order valence-corrected chi connectivity index (χ0v) is 21.2. The van der Waals surface area contributed by atoms with Crippen molar-refractivity contribution < 1.29 is 24.2 Å². The van der Waals surface area contributed by atoms with E-state index in [9.17, 15) is 14.4 Å². The molecule has 0 saturated carbocycles. The van der Waals surface area contributed by atoms with Crippen LogP contribution in [0.25, 0.3) is 0 Å². The van der Waals surface area contributed by atoms with Gasteiger partial charge in [-0.05, 0) is 54.5 Å². The van der Waals surface area contributed by atoms with Gasteiger partial charge in [-0.2, -0.15) is 0 Å². The molecule has 0 spiro atoms. The van der Waals surface area contributed by atoms with Crippen LogP contribution in [0.3, 0.4) is 0 Å². The number of methoxy groups -OCH3 is 1. The number of Topliss-reactive ketones (excluding diaryl/α,β-unsaturated/α-hetero) is 1. The van der Waals surface area contributed by atoms with Crippen LogP contribution in [0.5, 0.6) is 5.75 Å². The highest BCUT2D eigenvalue weighted by atomic mass is 16.5. The van der Waals surface area contributed by atoms with Gasteiger partial charge in [-0.25, -0.2) is 0 Å². The zero-order chi connectivity index (χ0) is 25.6. The Morgan fingerprint density at radius 1 is 1.06 bits per heavy atom. The second-order valence-corrected chi connectivity index (χ2v) is 9.55. The summed E-state index contributed by atoms with van der Waals surface area (Å²) in [5.41, 5.74) is 4.61. The van der Waals surface area contributed by atoms with Crippen molar-refractivity contribution in [3.05, 3.63) is 52.1 Å².